The third kappa shape index (κ3) is 4.31. The van der Waals surface area contributed by atoms with E-state index in [0.29, 0.717) is 18.1 Å². The van der Waals surface area contributed by atoms with Gasteiger partial charge >= 0.3 is 0 Å². The fraction of sp³-hybridized carbons (Fsp3) is 0.276. The summed E-state index contributed by atoms with van der Waals surface area (Å²) in [4.78, 5) is 4.94. The van der Waals surface area contributed by atoms with Gasteiger partial charge in [0, 0.05) is 17.0 Å². The fourth-order valence-electron chi connectivity index (χ4n) is 4.95. The van der Waals surface area contributed by atoms with Crippen LogP contribution in [0.25, 0.3) is 22.6 Å². The molecule has 0 amide bonds. The van der Waals surface area contributed by atoms with Gasteiger partial charge in [0.05, 0.1) is 7.11 Å². The zero-order chi connectivity index (χ0) is 22.7. The molecule has 1 aliphatic rings. The number of methoxy groups -OCH3 is 1. The SMILES string of the molecule is COc1cccc(C[C@@H]2CCCC[C@@]2(O)c2nc(-c3ccccc3)c(-c3ccccc3)o2)c1. The van der Waals surface area contributed by atoms with E-state index in [1.165, 1.54) is 0 Å². The highest BCUT2D eigenvalue weighted by atomic mass is 16.5. The van der Waals surface area contributed by atoms with Gasteiger partial charge in [0.1, 0.15) is 17.0 Å². The number of ether oxygens (including phenoxy) is 1. The first kappa shape index (κ1) is 21.5. The van der Waals surface area contributed by atoms with Gasteiger partial charge in [0.2, 0.25) is 5.89 Å². The first-order valence-electron chi connectivity index (χ1n) is 11.6. The van der Waals surface area contributed by atoms with Crippen molar-refractivity contribution in [2.24, 2.45) is 5.92 Å². The molecular weight excluding hydrogens is 410 g/mol. The summed E-state index contributed by atoms with van der Waals surface area (Å²) in [6, 6.07) is 28.2. The van der Waals surface area contributed by atoms with Gasteiger partial charge in [-0.25, -0.2) is 4.98 Å². The lowest BCUT2D eigenvalue weighted by atomic mass is 9.72. The van der Waals surface area contributed by atoms with Gasteiger partial charge in [-0.1, -0.05) is 85.6 Å². The molecule has 4 nitrogen and oxygen atoms in total. The molecule has 2 atom stereocenters. The number of aromatic nitrogens is 1. The van der Waals surface area contributed by atoms with Gasteiger partial charge in [0.25, 0.3) is 0 Å². The molecular formula is C29H29NO3. The normalized spacial score (nSPS) is 20.5. The molecule has 0 aliphatic heterocycles. The minimum Gasteiger partial charge on any atom is -0.497 e. The number of aliphatic hydroxyl groups is 1. The van der Waals surface area contributed by atoms with Crippen molar-refractivity contribution in [2.75, 3.05) is 7.11 Å². The van der Waals surface area contributed by atoms with E-state index in [1.54, 1.807) is 7.11 Å². The Morgan fingerprint density at radius 2 is 1.67 bits per heavy atom. The number of nitrogens with zero attached hydrogens (tertiary/aromatic N) is 1. The van der Waals surface area contributed by atoms with Crippen LogP contribution < -0.4 is 4.74 Å². The molecule has 3 aromatic carbocycles. The molecule has 1 aromatic heterocycles. The number of oxazole rings is 1. The summed E-state index contributed by atoms with van der Waals surface area (Å²) in [6.45, 7) is 0. The summed E-state index contributed by atoms with van der Waals surface area (Å²) in [7, 11) is 1.68. The minimum absolute atomic E-state index is 0.0178. The predicted octanol–water partition coefficient (Wildman–Crippen LogP) is 6.64. The van der Waals surface area contributed by atoms with Gasteiger partial charge in [-0.05, 0) is 37.0 Å². The Balaban J connectivity index is 1.56. The van der Waals surface area contributed by atoms with Crippen molar-refractivity contribution in [1.29, 1.82) is 0 Å². The van der Waals surface area contributed by atoms with Crippen LogP contribution in [0.1, 0.15) is 37.1 Å². The van der Waals surface area contributed by atoms with Crippen LogP contribution in [0.2, 0.25) is 0 Å². The summed E-state index contributed by atoms with van der Waals surface area (Å²) < 4.78 is 11.8. The van der Waals surface area contributed by atoms with Crippen LogP contribution in [-0.2, 0) is 12.0 Å². The van der Waals surface area contributed by atoms with E-state index in [4.69, 9.17) is 14.1 Å². The van der Waals surface area contributed by atoms with Crippen molar-refractivity contribution in [3.8, 4) is 28.3 Å². The van der Waals surface area contributed by atoms with Gasteiger partial charge in [0.15, 0.2) is 5.76 Å². The van der Waals surface area contributed by atoms with Crippen molar-refractivity contribution in [2.45, 2.75) is 37.7 Å². The smallest absolute Gasteiger partial charge is 0.227 e. The highest BCUT2D eigenvalue weighted by Crippen LogP contribution is 2.46. The molecule has 1 fully saturated rings. The zero-order valence-electron chi connectivity index (χ0n) is 18.9. The molecule has 0 spiro atoms. The maximum absolute atomic E-state index is 12.0. The number of benzene rings is 3. The molecule has 1 N–H and O–H groups in total. The first-order valence-corrected chi connectivity index (χ1v) is 11.6. The summed E-state index contributed by atoms with van der Waals surface area (Å²) in [5.41, 5.74) is 2.75. The molecule has 1 saturated carbocycles. The van der Waals surface area contributed by atoms with Crippen LogP contribution >= 0.6 is 0 Å². The molecule has 1 heterocycles. The zero-order valence-corrected chi connectivity index (χ0v) is 18.9. The number of hydrogen-bond acceptors (Lipinski definition) is 4. The van der Waals surface area contributed by atoms with E-state index >= 15 is 0 Å². The van der Waals surface area contributed by atoms with Crippen LogP contribution in [0.5, 0.6) is 5.75 Å². The second kappa shape index (κ2) is 9.24. The van der Waals surface area contributed by atoms with Crippen molar-refractivity contribution < 1.29 is 14.3 Å². The predicted molar refractivity (Wildman–Crippen MR) is 130 cm³/mol. The van der Waals surface area contributed by atoms with Crippen molar-refractivity contribution >= 4 is 0 Å². The van der Waals surface area contributed by atoms with Crippen LogP contribution in [0.4, 0.5) is 0 Å². The lowest BCUT2D eigenvalue weighted by Crippen LogP contribution is -2.39. The molecule has 0 bridgehead atoms. The largest absolute Gasteiger partial charge is 0.497 e. The summed E-state index contributed by atoms with van der Waals surface area (Å²) in [5.74, 6) is 1.98. The number of hydrogen-bond donors (Lipinski definition) is 1. The topological polar surface area (TPSA) is 55.5 Å². The van der Waals surface area contributed by atoms with E-state index in [0.717, 1.165) is 53.8 Å². The van der Waals surface area contributed by atoms with Crippen LogP contribution in [0, 0.1) is 5.92 Å². The van der Waals surface area contributed by atoms with E-state index < -0.39 is 5.60 Å². The van der Waals surface area contributed by atoms with E-state index in [1.807, 2.05) is 72.8 Å². The summed E-state index contributed by atoms with van der Waals surface area (Å²) >= 11 is 0. The van der Waals surface area contributed by atoms with Crippen LogP contribution in [0.3, 0.4) is 0 Å². The third-order valence-corrected chi connectivity index (χ3v) is 6.73. The van der Waals surface area contributed by atoms with Crippen LogP contribution in [0.15, 0.2) is 89.3 Å². The quantitative estimate of drug-likeness (QED) is 0.366. The highest BCUT2D eigenvalue weighted by molar-refractivity contribution is 5.76. The molecule has 4 heteroatoms. The second-order valence-electron chi connectivity index (χ2n) is 8.85. The van der Waals surface area contributed by atoms with Crippen molar-refractivity contribution in [1.82, 2.24) is 4.98 Å². The molecule has 0 saturated heterocycles. The van der Waals surface area contributed by atoms with Crippen LogP contribution in [-0.4, -0.2) is 17.2 Å². The van der Waals surface area contributed by atoms with E-state index in [2.05, 4.69) is 12.1 Å². The Hall–Kier alpha value is -3.37. The second-order valence-corrected chi connectivity index (χ2v) is 8.85. The monoisotopic (exact) mass is 439 g/mol. The lowest BCUT2D eigenvalue weighted by molar-refractivity contribution is -0.0742. The molecule has 0 radical (unpaired) electrons. The Labute approximate surface area is 194 Å². The van der Waals surface area contributed by atoms with Gasteiger partial charge in [-0.3, -0.25) is 0 Å². The third-order valence-electron chi connectivity index (χ3n) is 6.73. The average molecular weight is 440 g/mol. The molecule has 5 rings (SSSR count). The van der Waals surface area contributed by atoms with Crippen molar-refractivity contribution in [3.05, 3.63) is 96.4 Å². The lowest BCUT2D eigenvalue weighted by Gasteiger charge is -2.37. The Morgan fingerprint density at radius 1 is 0.939 bits per heavy atom. The van der Waals surface area contributed by atoms with E-state index in [-0.39, 0.29) is 5.92 Å². The molecule has 0 unspecified atom stereocenters. The molecule has 33 heavy (non-hydrogen) atoms. The maximum Gasteiger partial charge on any atom is 0.227 e. The van der Waals surface area contributed by atoms with Gasteiger partial charge in [-0.15, -0.1) is 0 Å². The fourth-order valence-corrected chi connectivity index (χ4v) is 4.95. The summed E-state index contributed by atoms with van der Waals surface area (Å²) in [6.07, 6.45) is 4.36. The molecule has 4 aromatic rings. The van der Waals surface area contributed by atoms with E-state index in [9.17, 15) is 5.11 Å². The Bertz CT molecular complexity index is 1150. The molecule has 1 aliphatic carbocycles. The average Bonchev–Trinajstić information content (AvgIpc) is 3.33. The maximum atomic E-state index is 12.0. The first-order chi connectivity index (χ1) is 16.2. The van der Waals surface area contributed by atoms with Gasteiger partial charge in [-0.2, -0.15) is 0 Å². The van der Waals surface area contributed by atoms with Gasteiger partial charge < -0.3 is 14.3 Å². The standard InChI is InChI=1S/C29H29NO3/c1-32-25-17-10-11-21(20-25)19-24-16-8-9-18-29(24,31)28-30-26(22-12-4-2-5-13-22)27(33-28)23-14-6-3-7-15-23/h2-7,10-15,17,20,24,31H,8-9,16,18-19H2,1H3/t24-,29-/m0/s1. The summed E-state index contributed by atoms with van der Waals surface area (Å²) in [5, 5.41) is 12.0. The Kier molecular flexibility index (Phi) is 6.01. The van der Waals surface area contributed by atoms with Crippen molar-refractivity contribution in [3.63, 3.8) is 0 Å². The highest BCUT2D eigenvalue weighted by Gasteiger charge is 2.45. The minimum atomic E-state index is -1.11. The number of rotatable bonds is 6. The molecule has 168 valence electrons. The Morgan fingerprint density at radius 3 is 2.39 bits per heavy atom.